The van der Waals surface area contributed by atoms with Gasteiger partial charge in [0.05, 0.1) is 5.69 Å². The molecule has 25 heavy (non-hydrogen) atoms. The van der Waals surface area contributed by atoms with Gasteiger partial charge in [-0.3, -0.25) is 9.59 Å². The Labute approximate surface area is 149 Å². The molecule has 2 fully saturated rings. The molecule has 0 amide bonds. The van der Waals surface area contributed by atoms with E-state index in [2.05, 4.69) is 10.3 Å². The van der Waals surface area contributed by atoms with Crippen molar-refractivity contribution in [2.24, 2.45) is 5.41 Å². The fourth-order valence-electron chi connectivity index (χ4n) is 3.57. The van der Waals surface area contributed by atoms with Crippen molar-refractivity contribution in [2.45, 2.75) is 38.4 Å². The lowest BCUT2D eigenvalue weighted by atomic mass is 9.78. The van der Waals surface area contributed by atoms with Gasteiger partial charge >= 0.3 is 11.9 Å². The zero-order valence-corrected chi connectivity index (χ0v) is 14.8. The summed E-state index contributed by atoms with van der Waals surface area (Å²) in [5.74, 6) is -0.985. The topological polar surface area (TPSA) is 77.5 Å². The number of thiazole rings is 1. The van der Waals surface area contributed by atoms with Gasteiger partial charge in [-0.1, -0.05) is 18.2 Å². The summed E-state index contributed by atoms with van der Waals surface area (Å²) in [7, 11) is 0. The Kier molecular flexibility index (Phi) is 3.57. The van der Waals surface area contributed by atoms with Crippen molar-refractivity contribution in [2.75, 3.05) is 5.32 Å². The molecule has 2 saturated heterocycles. The largest absolute Gasteiger partial charge is 0.462 e. The summed E-state index contributed by atoms with van der Waals surface area (Å²) < 4.78 is 10.8. The third-order valence-corrected chi connectivity index (χ3v) is 5.51. The van der Waals surface area contributed by atoms with E-state index in [-0.39, 0.29) is 12.5 Å². The third-order valence-electron chi connectivity index (χ3n) is 4.75. The fourth-order valence-corrected chi connectivity index (χ4v) is 4.42. The Hall–Kier alpha value is -2.41. The second kappa shape index (κ2) is 5.56. The molecule has 0 aliphatic carbocycles. The number of nitrogens with zero attached hydrogens (tertiary/aromatic N) is 1. The van der Waals surface area contributed by atoms with Crippen molar-refractivity contribution in [3.8, 4) is 0 Å². The van der Waals surface area contributed by atoms with E-state index in [0.717, 1.165) is 5.69 Å². The van der Waals surface area contributed by atoms with Crippen LogP contribution in [0.4, 0.5) is 10.8 Å². The molecule has 4 rings (SSSR count). The van der Waals surface area contributed by atoms with Crippen LogP contribution in [0.25, 0.3) is 0 Å². The van der Waals surface area contributed by atoms with Crippen molar-refractivity contribution >= 4 is 34.1 Å². The maximum Gasteiger partial charge on any atom is 0.324 e. The highest BCUT2D eigenvalue weighted by Gasteiger charge is 2.65. The summed E-state index contributed by atoms with van der Waals surface area (Å²) in [5.41, 5.74) is -0.534. The van der Waals surface area contributed by atoms with Gasteiger partial charge in [-0.2, -0.15) is 0 Å². The van der Waals surface area contributed by atoms with Gasteiger partial charge in [0.1, 0.15) is 6.10 Å². The second-order valence-electron chi connectivity index (χ2n) is 6.83. The third kappa shape index (κ3) is 2.59. The highest BCUT2D eigenvalue weighted by molar-refractivity contribution is 7.13. The Morgan fingerprint density at radius 3 is 2.68 bits per heavy atom. The van der Waals surface area contributed by atoms with E-state index in [4.69, 9.17) is 9.47 Å². The van der Waals surface area contributed by atoms with Crippen LogP contribution in [-0.2, 0) is 24.7 Å². The molecule has 1 N–H and O–H groups in total. The highest BCUT2D eigenvalue weighted by atomic mass is 32.1. The van der Waals surface area contributed by atoms with Crippen molar-refractivity contribution in [3.63, 3.8) is 0 Å². The molecule has 7 heteroatoms. The molecule has 0 bridgehead atoms. The molecule has 0 unspecified atom stereocenters. The van der Waals surface area contributed by atoms with Crippen LogP contribution < -0.4 is 5.32 Å². The predicted molar refractivity (Wildman–Crippen MR) is 92.5 cm³/mol. The van der Waals surface area contributed by atoms with E-state index < -0.39 is 23.0 Å². The van der Waals surface area contributed by atoms with Crippen LogP contribution in [0.3, 0.4) is 0 Å². The molecule has 1 aromatic heterocycles. The minimum absolute atomic E-state index is 0.260. The molecule has 1 aromatic carbocycles. The van der Waals surface area contributed by atoms with Crippen molar-refractivity contribution < 1.29 is 19.1 Å². The SMILES string of the molecule is C[C@@H]1C[C@@]2(C[C@@](C)(c3csc(Nc4ccccc4)n3)OC2=O)C(=O)O1. The van der Waals surface area contributed by atoms with Gasteiger partial charge in [-0.15, -0.1) is 11.3 Å². The number of rotatable bonds is 3. The van der Waals surface area contributed by atoms with Crippen LogP contribution >= 0.6 is 11.3 Å². The summed E-state index contributed by atoms with van der Waals surface area (Å²) in [6, 6.07) is 9.71. The minimum Gasteiger partial charge on any atom is -0.462 e. The van der Waals surface area contributed by atoms with Crippen LogP contribution in [0.15, 0.2) is 35.7 Å². The Morgan fingerprint density at radius 1 is 1.24 bits per heavy atom. The van der Waals surface area contributed by atoms with Crippen LogP contribution in [-0.4, -0.2) is 23.0 Å². The first-order chi connectivity index (χ1) is 11.9. The predicted octanol–water partition coefficient (Wildman–Crippen LogP) is 3.37. The van der Waals surface area contributed by atoms with E-state index in [9.17, 15) is 9.59 Å². The van der Waals surface area contributed by atoms with Gasteiger partial charge in [0.2, 0.25) is 0 Å². The maximum absolute atomic E-state index is 12.5. The highest BCUT2D eigenvalue weighted by Crippen LogP contribution is 2.52. The monoisotopic (exact) mass is 358 g/mol. The summed E-state index contributed by atoms with van der Waals surface area (Å²) in [6.07, 6.45) is 0.351. The van der Waals surface area contributed by atoms with Crippen molar-refractivity contribution in [1.29, 1.82) is 0 Å². The number of benzene rings is 1. The lowest BCUT2D eigenvalue weighted by Crippen LogP contribution is -2.31. The first-order valence-electron chi connectivity index (χ1n) is 8.14. The fraction of sp³-hybridized carbons (Fsp3) is 0.389. The standard InChI is InChI=1S/C18H18N2O4S/c1-11-8-18(14(21)23-11)10-17(2,24-15(18)22)13-9-25-16(20-13)19-12-6-4-3-5-7-12/h3-7,9,11H,8,10H2,1-2H3,(H,19,20)/t11-,17+,18-/m1/s1. The number of aromatic nitrogens is 1. The average molecular weight is 358 g/mol. The van der Waals surface area contributed by atoms with Gasteiger partial charge in [0, 0.05) is 23.9 Å². The zero-order valence-electron chi connectivity index (χ0n) is 13.9. The van der Waals surface area contributed by atoms with E-state index >= 15 is 0 Å². The summed E-state index contributed by atoms with van der Waals surface area (Å²) in [5, 5.41) is 5.80. The number of carbonyl (C=O) groups is 2. The normalized spacial score (nSPS) is 31.2. The number of hydrogen-bond acceptors (Lipinski definition) is 7. The van der Waals surface area contributed by atoms with Crippen molar-refractivity contribution in [1.82, 2.24) is 4.98 Å². The molecule has 2 aliphatic rings. The van der Waals surface area contributed by atoms with Crippen LogP contribution in [0, 0.1) is 5.41 Å². The molecule has 130 valence electrons. The lowest BCUT2D eigenvalue weighted by molar-refractivity contribution is -0.160. The van der Waals surface area contributed by atoms with Gasteiger partial charge in [0.25, 0.3) is 0 Å². The van der Waals surface area contributed by atoms with Gasteiger partial charge < -0.3 is 14.8 Å². The van der Waals surface area contributed by atoms with E-state index in [1.165, 1.54) is 11.3 Å². The maximum atomic E-state index is 12.5. The van der Waals surface area contributed by atoms with Crippen molar-refractivity contribution in [3.05, 3.63) is 41.4 Å². The number of anilines is 2. The smallest absolute Gasteiger partial charge is 0.324 e. The number of ether oxygens (including phenoxy) is 2. The first-order valence-corrected chi connectivity index (χ1v) is 9.02. The number of cyclic esters (lactones) is 2. The molecule has 1 spiro atoms. The number of carbonyl (C=O) groups excluding carboxylic acids is 2. The lowest BCUT2D eigenvalue weighted by Gasteiger charge is -2.20. The molecule has 2 aromatic rings. The number of nitrogens with one attached hydrogen (secondary N) is 1. The van der Waals surface area contributed by atoms with E-state index in [1.54, 1.807) is 13.8 Å². The molecule has 0 saturated carbocycles. The zero-order chi connectivity index (χ0) is 17.7. The molecule has 0 radical (unpaired) electrons. The first kappa shape index (κ1) is 16.1. The number of esters is 2. The van der Waals surface area contributed by atoms with E-state index in [0.29, 0.717) is 17.2 Å². The Balaban J connectivity index is 1.58. The van der Waals surface area contributed by atoms with Gasteiger partial charge in [-0.05, 0) is 26.0 Å². The van der Waals surface area contributed by atoms with Crippen LogP contribution in [0.1, 0.15) is 32.4 Å². The summed E-state index contributed by atoms with van der Waals surface area (Å²) >= 11 is 1.43. The second-order valence-corrected chi connectivity index (χ2v) is 7.69. The molecule has 3 heterocycles. The van der Waals surface area contributed by atoms with Crippen LogP contribution in [0.5, 0.6) is 0 Å². The summed E-state index contributed by atoms with van der Waals surface area (Å²) in [4.78, 5) is 29.3. The van der Waals surface area contributed by atoms with Gasteiger partial charge in [0.15, 0.2) is 16.1 Å². The number of hydrogen-bond donors (Lipinski definition) is 1. The molecule has 3 atom stereocenters. The molecular weight excluding hydrogens is 340 g/mol. The Morgan fingerprint density at radius 2 is 2.00 bits per heavy atom. The molecular formula is C18H18N2O4S. The molecule has 6 nitrogen and oxygen atoms in total. The quantitative estimate of drug-likeness (QED) is 0.669. The Bertz CT molecular complexity index is 837. The molecule has 2 aliphatic heterocycles. The summed E-state index contributed by atoms with van der Waals surface area (Å²) in [6.45, 7) is 3.59. The average Bonchev–Trinajstić information content (AvgIpc) is 3.20. The minimum atomic E-state index is -1.19. The number of para-hydroxylation sites is 1. The van der Waals surface area contributed by atoms with Crippen LogP contribution in [0.2, 0.25) is 0 Å². The van der Waals surface area contributed by atoms with E-state index in [1.807, 2.05) is 35.7 Å². The van der Waals surface area contributed by atoms with Gasteiger partial charge in [-0.25, -0.2) is 4.98 Å².